The van der Waals surface area contributed by atoms with E-state index in [4.69, 9.17) is 5.73 Å². The minimum atomic E-state index is -3.77. The fourth-order valence-corrected chi connectivity index (χ4v) is 5.77. The number of nitrogens with zero attached hydrogens (tertiary/aromatic N) is 1. The van der Waals surface area contributed by atoms with E-state index in [1.54, 1.807) is 19.1 Å². The molecule has 0 bridgehead atoms. The lowest BCUT2D eigenvalue weighted by Crippen LogP contribution is -2.07. The number of nitrogen functional groups attached to an aromatic ring is 1. The minimum absolute atomic E-state index is 0.299. The maximum absolute atomic E-state index is 13.9. The number of nitrogens with two attached hydrogens (primary N) is 1. The number of hydrogen-bond acceptors (Lipinski definition) is 3. The Morgan fingerprint density at radius 1 is 0.857 bits per heavy atom. The molecule has 0 fully saturated rings. The summed E-state index contributed by atoms with van der Waals surface area (Å²) in [4.78, 5) is 0.636. The SMILES string of the molecule is Cc1cc(S(=O)(=O)c2c(-c3ccccc3)n(C)c3ccccc23)c(C)cc1N. The second kappa shape index (κ2) is 6.53. The Morgan fingerprint density at radius 2 is 1.50 bits per heavy atom. The van der Waals surface area contributed by atoms with Crippen LogP contribution in [0, 0.1) is 13.8 Å². The largest absolute Gasteiger partial charge is 0.399 e. The van der Waals surface area contributed by atoms with E-state index in [9.17, 15) is 8.42 Å². The van der Waals surface area contributed by atoms with Crippen molar-refractivity contribution < 1.29 is 8.42 Å². The molecule has 0 aliphatic heterocycles. The first-order chi connectivity index (χ1) is 13.3. The number of rotatable bonds is 3. The second-order valence-corrected chi connectivity index (χ2v) is 8.95. The van der Waals surface area contributed by atoms with E-state index in [-0.39, 0.29) is 0 Å². The van der Waals surface area contributed by atoms with E-state index in [0.717, 1.165) is 22.0 Å². The Kier molecular flexibility index (Phi) is 4.27. The van der Waals surface area contributed by atoms with Crippen molar-refractivity contribution in [3.8, 4) is 11.3 Å². The molecule has 0 spiro atoms. The first kappa shape index (κ1) is 18.3. The average molecular weight is 391 g/mol. The molecule has 0 saturated heterocycles. The highest BCUT2D eigenvalue weighted by atomic mass is 32.2. The van der Waals surface area contributed by atoms with Crippen LogP contribution in [0.3, 0.4) is 0 Å². The van der Waals surface area contributed by atoms with Gasteiger partial charge in [0.2, 0.25) is 9.84 Å². The highest BCUT2D eigenvalue weighted by molar-refractivity contribution is 7.92. The molecule has 5 heteroatoms. The standard InChI is InChI=1S/C23H22N2O2S/c1-15-14-21(16(2)13-19(15)24)28(26,27)23-18-11-7-8-12-20(18)25(3)22(23)17-9-5-4-6-10-17/h4-14H,24H2,1-3H3. The highest BCUT2D eigenvalue weighted by Gasteiger charge is 2.30. The van der Waals surface area contributed by atoms with E-state index >= 15 is 0 Å². The Labute approximate surface area is 165 Å². The van der Waals surface area contributed by atoms with Crippen molar-refractivity contribution in [1.29, 1.82) is 0 Å². The number of sulfone groups is 1. The third-order valence-corrected chi connectivity index (χ3v) is 7.20. The van der Waals surface area contributed by atoms with Crippen LogP contribution < -0.4 is 5.73 Å². The molecule has 2 N–H and O–H groups in total. The monoisotopic (exact) mass is 390 g/mol. The summed E-state index contributed by atoms with van der Waals surface area (Å²) in [6, 6.07) is 20.7. The van der Waals surface area contributed by atoms with E-state index in [2.05, 4.69) is 0 Å². The smallest absolute Gasteiger partial charge is 0.209 e. The topological polar surface area (TPSA) is 65.1 Å². The van der Waals surface area contributed by atoms with Crippen molar-refractivity contribution in [2.45, 2.75) is 23.6 Å². The van der Waals surface area contributed by atoms with Gasteiger partial charge in [-0.1, -0.05) is 48.5 Å². The fourth-order valence-electron chi connectivity index (χ4n) is 3.76. The zero-order valence-electron chi connectivity index (χ0n) is 16.1. The van der Waals surface area contributed by atoms with Crippen LogP contribution in [0.2, 0.25) is 0 Å². The van der Waals surface area contributed by atoms with Gasteiger partial charge >= 0.3 is 0 Å². The van der Waals surface area contributed by atoms with Gasteiger partial charge < -0.3 is 10.3 Å². The quantitative estimate of drug-likeness (QED) is 0.507. The lowest BCUT2D eigenvalue weighted by Gasteiger charge is -2.13. The molecule has 4 rings (SSSR count). The summed E-state index contributed by atoms with van der Waals surface area (Å²) in [6.45, 7) is 3.62. The van der Waals surface area contributed by atoms with Crippen molar-refractivity contribution in [1.82, 2.24) is 4.57 Å². The molecule has 28 heavy (non-hydrogen) atoms. The lowest BCUT2D eigenvalue weighted by atomic mass is 10.1. The molecule has 0 amide bonds. The third kappa shape index (κ3) is 2.70. The number of para-hydroxylation sites is 1. The zero-order chi connectivity index (χ0) is 20.1. The molecular weight excluding hydrogens is 368 g/mol. The number of fused-ring (bicyclic) bond motifs is 1. The van der Waals surface area contributed by atoms with Crippen LogP contribution in [0.15, 0.2) is 76.5 Å². The van der Waals surface area contributed by atoms with Crippen LogP contribution in [0.1, 0.15) is 11.1 Å². The molecule has 0 radical (unpaired) electrons. The molecular formula is C23H22N2O2S. The number of benzene rings is 3. The van der Waals surface area contributed by atoms with Gasteiger partial charge in [-0.25, -0.2) is 8.42 Å². The lowest BCUT2D eigenvalue weighted by molar-refractivity contribution is 0.596. The number of anilines is 1. The molecule has 0 aliphatic rings. The predicted octanol–water partition coefficient (Wildman–Crippen LogP) is 4.88. The normalized spacial score (nSPS) is 11.8. The number of hydrogen-bond donors (Lipinski definition) is 1. The maximum atomic E-state index is 13.9. The molecule has 142 valence electrons. The summed E-state index contributed by atoms with van der Waals surface area (Å²) in [5.41, 5.74) is 10.4. The molecule has 0 aliphatic carbocycles. The predicted molar refractivity (Wildman–Crippen MR) is 114 cm³/mol. The molecule has 0 unspecified atom stereocenters. The Bertz CT molecular complexity index is 1300. The average Bonchev–Trinajstić information content (AvgIpc) is 2.99. The van der Waals surface area contributed by atoms with Gasteiger partial charge in [0.1, 0.15) is 4.90 Å². The van der Waals surface area contributed by atoms with Gasteiger partial charge in [0.25, 0.3) is 0 Å². The van der Waals surface area contributed by atoms with Gasteiger partial charge in [-0.3, -0.25) is 0 Å². The molecule has 3 aromatic carbocycles. The van der Waals surface area contributed by atoms with Crippen LogP contribution >= 0.6 is 0 Å². The molecule has 1 heterocycles. The second-order valence-electron chi connectivity index (χ2n) is 7.10. The molecule has 4 aromatic rings. The van der Waals surface area contributed by atoms with Crippen LogP contribution in [0.25, 0.3) is 22.2 Å². The highest BCUT2D eigenvalue weighted by Crippen LogP contribution is 2.40. The maximum Gasteiger partial charge on any atom is 0.209 e. The van der Waals surface area contributed by atoms with E-state index in [1.807, 2.05) is 73.1 Å². The van der Waals surface area contributed by atoms with Gasteiger partial charge in [0.05, 0.1) is 10.6 Å². The Morgan fingerprint density at radius 3 is 2.21 bits per heavy atom. The first-order valence-corrected chi connectivity index (χ1v) is 10.6. The van der Waals surface area contributed by atoms with Crippen LogP contribution in [0.5, 0.6) is 0 Å². The molecule has 4 nitrogen and oxygen atoms in total. The van der Waals surface area contributed by atoms with E-state index in [1.165, 1.54) is 0 Å². The van der Waals surface area contributed by atoms with Gasteiger partial charge in [0.15, 0.2) is 0 Å². The van der Waals surface area contributed by atoms with Crippen molar-refractivity contribution in [2.24, 2.45) is 7.05 Å². The Balaban J connectivity index is 2.13. The fraction of sp³-hybridized carbons (Fsp3) is 0.130. The van der Waals surface area contributed by atoms with E-state index in [0.29, 0.717) is 26.7 Å². The van der Waals surface area contributed by atoms with Gasteiger partial charge in [0, 0.05) is 23.6 Å². The summed E-state index contributed by atoms with van der Waals surface area (Å²) in [5, 5.41) is 0.720. The molecule has 1 aromatic heterocycles. The van der Waals surface area contributed by atoms with Crippen molar-refractivity contribution in [3.63, 3.8) is 0 Å². The molecule has 0 saturated carbocycles. The van der Waals surface area contributed by atoms with Crippen LogP contribution in [-0.2, 0) is 16.9 Å². The summed E-state index contributed by atoms with van der Waals surface area (Å²) in [6.07, 6.45) is 0. The van der Waals surface area contributed by atoms with Crippen molar-refractivity contribution >= 4 is 26.4 Å². The summed E-state index contributed by atoms with van der Waals surface area (Å²) in [7, 11) is -1.86. The van der Waals surface area contributed by atoms with Gasteiger partial charge in [-0.2, -0.15) is 0 Å². The van der Waals surface area contributed by atoms with Crippen molar-refractivity contribution in [3.05, 3.63) is 77.9 Å². The minimum Gasteiger partial charge on any atom is -0.399 e. The first-order valence-electron chi connectivity index (χ1n) is 9.07. The van der Waals surface area contributed by atoms with Crippen LogP contribution in [-0.4, -0.2) is 13.0 Å². The van der Waals surface area contributed by atoms with Crippen LogP contribution in [0.4, 0.5) is 5.69 Å². The van der Waals surface area contributed by atoms with Gasteiger partial charge in [-0.05, 0) is 48.7 Å². The number of aryl methyl sites for hydroxylation is 3. The summed E-state index contributed by atoms with van der Waals surface area (Å²) in [5.74, 6) is 0. The third-order valence-electron chi connectivity index (χ3n) is 5.23. The Hall–Kier alpha value is -3.05. The van der Waals surface area contributed by atoms with E-state index < -0.39 is 9.84 Å². The summed E-state index contributed by atoms with van der Waals surface area (Å²) < 4.78 is 29.7. The molecule has 0 atom stereocenters. The summed E-state index contributed by atoms with van der Waals surface area (Å²) >= 11 is 0. The number of aromatic nitrogens is 1. The van der Waals surface area contributed by atoms with Gasteiger partial charge in [-0.15, -0.1) is 0 Å². The zero-order valence-corrected chi connectivity index (χ0v) is 16.9. The van der Waals surface area contributed by atoms with Crippen molar-refractivity contribution in [2.75, 3.05) is 5.73 Å².